The smallest absolute Gasteiger partial charge is 0.241 e. The lowest BCUT2D eigenvalue weighted by molar-refractivity contribution is -0.118. The van der Waals surface area contributed by atoms with Crippen LogP contribution in [-0.4, -0.2) is 18.0 Å². The Labute approximate surface area is 121 Å². The van der Waals surface area contributed by atoms with Gasteiger partial charge in [0.05, 0.1) is 6.04 Å². The first-order chi connectivity index (χ1) is 9.65. The van der Waals surface area contributed by atoms with Gasteiger partial charge < -0.3 is 10.6 Å². The van der Waals surface area contributed by atoms with E-state index in [1.54, 1.807) is 0 Å². The normalized spacial score (nSPS) is 33.4. The maximum atomic E-state index is 12.4. The average Bonchev–Trinajstić information content (AvgIpc) is 2.67. The highest BCUT2D eigenvalue weighted by Gasteiger charge is 2.33. The summed E-state index contributed by atoms with van der Waals surface area (Å²) in [6.07, 6.45) is 4.32. The van der Waals surface area contributed by atoms with Crippen molar-refractivity contribution in [2.24, 2.45) is 11.8 Å². The van der Waals surface area contributed by atoms with Crippen LogP contribution in [0.3, 0.4) is 0 Å². The minimum absolute atomic E-state index is 0.0554. The summed E-state index contributed by atoms with van der Waals surface area (Å²) in [5.74, 6) is 1.55. The van der Waals surface area contributed by atoms with Crippen molar-refractivity contribution in [2.75, 3.05) is 5.32 Å². The number of anilines is 1. The molecule has 4 atom stereocenters. The highest BCUT2D eigenvalue weighted by molar-refractivity contribution is 5.96. The van der Waals surface area contributed by atoms with Crippen molar-refractivity contribution in [3.05, 3.63) is 29.8 Å². The molecule has 1 aliphatic carbocycles. The van der Waals surface area contributed by atoms with Gasteiger partial charge in [0.2, 0.25) is 5.91 Å². The van der Waals surface area contributed by atoms with E-state index < -0.39 is 0 Å². The molecule has 108 valence electrons. The van der Waals surface area contributed by atoms with Gasteiger partial charge in [-0.2, -0.15) is 0 Å². The largest absolute Gasteiger partial charge is 0.324 e. The number of nitrogens with one attached hydrogen (secondary N) is 2. The van der Waals surface area contributed by atoms with E-state index in [0.29, 0.717) is 12.0 Å². The molecule has 0 aromatic heterocycles. The van der Waals surface area contributed by atoms with E-state index in [1.165, 1.54) is 18.4 Å². The number of carbonyl (C=O) groups excluding carboxylic acids is 1. The SMILES string of the molecule is CC1CCC(NC2CCc3ccccc3NC2=O)C1C. The number of rotatable bonds is 2. The predicted molar refractivity (Wildman–Crippen MR) is 81.7 cm³/mol. The average molecular weight is 272 g/mol. The van der Waals surface area contributed by atoms with Crippen LogP contribution in [0.2, 0.25) is 0 Å². The zero-order valence-corrected chi connectivity index (χ0v) is 12.4. The fourth-order valence-corrected chi connectivity index (χ4v) is 3.53. The van der Waals surface area contributed by atoms with E-state index in [-0.39, 0.29) is 11.9 Å². The molecule has 0 saturated heterocycles. The first kappa shape index (κ1) is 13.6. The topological polar surface area (TPSA) is 41.1 Å². The molecule has 3 nitrogen and oxygen atoms in total. The van der Waals surface area contributed by atoms with Crippen LogP contribution in [0, 0.1) is 11.8 Å². The van der Waals surface area contributed by atoms with Crippen LogP contribution >= 0.6 is 0 Å². The van der Waals surface area contributed by atoms with Gasteiger partial charge >= 0.3 is 0 Å². The summed E-state index contributed by atoms with van der Waals surface area (Å²) in [5.41, 5.74) is 2.23. The number of fused-ring (bicyclic) bond motifs is 1. The fourth-order valence-electron chi connectivity index (χ4n) is 3.53. The number of hydrogen-bond donors (Lipinski definition) is 2. The van der Waals surface area contributed by atoms with Gasteiger partial charge in [-0.25, -0.2) is 0 Å². The van der Waals surface area contributed by atoms with Crippen molar-refractivity contribution in [1.82, 2.24) is 5.32 Å². The number of amides is 1. The molecule has 1 fully saturated rings. The summed E-state index contributed by atoms with van der Waals surface area (Å²) in [4.78, 5) is 12.4. The summed E-state index contributed by atoms with van der Waals surface area (Å²) in [6.45, 7) is 4.62. The predicted octanol–water partition coefficient (Wildman–Crippen LogP) is 2.96. The first-order valence-electron chi connectivity index (χ1n) is 7.80. The van der Waals surface area contributed by atoms with Crippen molar-refractivity contribution >= 4 is 11.6 Å². The van der Waals surface area contributed by atoms with E-state index in [1.807, 2.05) is 18.2 Å². The van der Waals surface area contributed by atoms with Gasteiger partial charge in [-0.3, -0.25) is 4.79 Å². The third-order valence-corrected chi connectivity index (χ3v) is 5.17. The molecule has 3 heteroatoms. The van der Waals surface area contributed by atoms with Crippen molar-refractivity contribution in [3.8, 4) is 0 Å². The highest BCUT2D eigenvalue weighted by atomic mass is 16.2. The third kappa shape index (κ3) is 2.59. The van der Waals surface area contributed by atoms with E-state index >= 15 is 0 Å². The molecule has 2 N–H and O–H groups in total. The molecule has 1 aliphatic heterocycles. The Morgan fingerprint density at radius 2 is 1.95 bits per heavy atom. The molecular weight excluding hydrogens is 248 g/mol. The molecule has 1 saturated carbocycles. The van der Waals surface area contributed by atoms with E-state index in [4.69, 9.17) is 0 Å². The van der Waals surface area contributed by atoms with Crippen LogP contribution in [0.1, 0.15) is 38.7 Å². The van der Waals surface area contributed by atoms with Crippen molar-refractivity contribution in [1.29, 1.82) is 0 Å². The minimum Gasteiger partial charge on any atom is -0.324 e. The lowest BCUT2D eigenvalue weighted by Crippen LogP contribution is -2.46. The molecular formula is C17H24N2O. The Morgan fingerprint density at radius 1 is 1.15 bits per heavy atom. The standard InChI is InChI=1S/C17H24N2O/c1-11-7-9-14(12(11)2)18-16-10-8-13-5-3-4-6-15(13)19-17(16)20/h3-6,11-12,14,16,18H,7-10H2,1-2H3,(H,19,20). The van der Waals surface area contributed by atoms with Crippen LogP contribution in [0.25, 0.3) is 0 Å². The van der Waals surface area contributed by atoms with Gasteiger partial charge in [-0.1, -0.05) is 32.0 Å². The fraction of sp³-hybridized carbons (Fsp3) is 0.588. The third-order valence-electron chi connectivity index (χ3n) is 5.17. The summed E-state index contributed by atoms with van der Waals surface area (Å²) >= 11 is 0. The van der Waals surface area contributed by atoms with Crippen LogP contribution in [0.4, 0.5) is 5.69 Å². The molecule has 0 bridgehead atoms. The number of carbonyl (C=O) groups is 1. The summed E-state index contributed by atoms with van der Waals surface area (Å²) in [6, 6.07) is 8.56. The second-order valence-corrected chi connectivity index (χ2v) is 6.42. The zero-order chi connectivity index (χ0) is 14.1. The number of hydrogen-bond acceptors (Lipinski definition) is 2. The van der Waals surface area contributed by atoms with Gasteiger partial charge in [0.25, 0.3) is 0 Å². The Morgan fingerprint density at radius 3 is 2.70 bits per heavy atom. The lowest BCUT2D eigenvalue weighted by atomic mass is 9.96. The van der Waals surface area contributed by atoms with Gasteiger partial charge in [0.15, 0.2) is 0 Å². The number of para-hydroxylation sites is 1. The van der Waals surface area contributed by atoms with Crippen molar-refractivity contribution in [2.45, 2.75) is 51.6 Å². The second kappa shape index (κ2) is 5.57. The summed E-state index contributed by atoms with van der Waals surface area (Å²) < 4.78 is 0. The van der Waals surface area contributed by atoms with Crippen molar-refractivity contribution < 1.29 is 4.79 Å². The Balaban J connectivity index is 1.69. The monoisotopic (exact) mass is 272 g/mol. The van der Waals surface area contributed by atoms with Crippen LogP contribution in [0.5, 0.6) is 0 Å². The number of aryl methyl sites for hydroxylation is 1. The Bertz CT molecular complexity index is 500. The number of benzene rings is 1. The molecule has 3 rings (SSSR count). The molecule has 1 aromatic carbocycles. The molecule has 1 amide bonds. The van der Waals surface area contributed by atoms with Crippen LogP contribution in [0.15, 0.2) is 24.3 Å². The van der Waals surface area contributed by atoms with Crippen molar-refractivity contribution in [3.63, 3.8) is 0 Å². The van der Waals surface area contributed by atoms with Gasteiger partial charge in [-0.05, 0) is 49.1 Å². The lowest BCUT2D eigenvalue weighted by Gasteiger charge is -2.24. The Kier molecular flexibility index (Phi) is 3.79. The van der Waals surface area contributed by atoms with Crippen LogP contribution in [-0.2, 0) is 11.2 Å². The molecule has 4 unspecified atom stereocenters. The van der Waals surface area contributed by atoms with Gasteiger partial charge in [0.1, 0.15) is 0 Å². The highest BCUT2D eigenvalue weighted by Crippen LogP contribution is 2.32. The van der Waals surface area contributed by atoms with E-state index in [9.17, 15) is 4.79 Å². The van der Waals surface area contributed by atoms with Crippen LogP contribution < -0.4 is 10.6 Å². The summed E-state index contributed by atoms with van der Waals surface area (Å²) in [7, 11) is 0. The second-order valence-electron chi connectivity index (χ2n) is 6.42. The van der Waals surface area contributed by atoms with Gasteiger partial charge in [0, 0.05) is 11.7 Å². The van der Waals surface area contributed by atoms with Gasteiger partial charge in [-0.15, -0.1) is 0 Å². The van der Waals surface area contributed by atoms with E-state index in [0.717, 1.165) is 24.4 Å². The molecule has 1 aromatic rings. The molecule has 1 heterocycles. The molecule has 20 heavy (non-hydrogen) atoms. The minimum atomic E-state index is -0.0554. The Hall–Kier alpha value is -1.35. The maximum absolute atomic E-state index is 12.4. The quantitative estimate of drug-likeness (QED) is 0.869. The zero-order valence-electron chi connectivity index (χ0n) is 12.4. The molecule has 2 aliphatic rings. The van der Waals surface area contributed by atoms with E-state index in [2.05, 4.69) is 30.5 Å². The maximum Gasteiger partial charge on any atom is 0.241 e. The summed E-state index contributed by atoms with van der Waals surface area (Å²) in [5, 5.41) is 6.68. The molecule has 0 spiro atoms. The molecule has 0 radical (unpaired) electrons. The first-order valence-corrected chi connectivity index (χ1v) is 7.80.